The Hall–Kier alpha value is -3.01. The number of aromatic nitrogens is 2. The molecule has 0 radical (unpaired) electrons. The number of rotatable bonds is 2. The van der Waals surface area contributed by atoms with Crippen molar-refractivity contribution in [1.29, 1.82) is 0 Å². The van der Waals surface area contributed by atoms with Crippen molar-refractivity contribution in [1.82, 2.24) is 9.97 Å². The fourth-order valence-corrected chi connectivity index (χ4v) is 2.82. The van der Waals surface area contributed by atoms with Crippen molar-refractivity contribution >= 4 is 11.1 Å². The van der Waals surface area contributed by atoms with Crippen LogP contribution >= 0.6 is 0 Å². The summed E-state index contributed by atoms with van der Waals surface area (Å²) < 4.78 is 18.8. The van der Waals surface area contributed by atoms with Crippen LogP contribution in [0, 0.1) is 19.8 Å². The first-order valence-electron chi connectivity index (χ1n) is 7.70. The van der Waals surface area contributed by atoms with E-state index in [2.05, 4.69) is 9.97 Å². The van der Waals surface area contributed by atoms with E-state index in [-0.39, 0.29) is 0 Å². The standard InChI is InChI=1S/C20H15FN2O/c1-12-3-7-18-17(9-12)23-20(24-18)14-4-6-16(13(2)10-14)15-5-8-19(21)22-11-15/h3-11H,1-2H3. The van der Waals surface area contributed by atoms with Gasteiger partial charge in [-0.05, 0) is 66.9 Å². The van der Waals surface area contributed by atoms with Crippen molar-refractivity contribution < 1.29 is 8.81 Å². The molecule has 0 aliphatic heterocycles. The van der Waals surface area contributed by atoms with Crippen molar-refractivity contribution in [2.24, 2.45) is 0 Å². The van der Waals surface area contributed by atoms with E-state index >= 15 is 0 Å². The number of halogens is 1. The molecule has 24 heavy (non-hydrogen) atoms. The van der Waals surface area contributed by atoms with Gasteiger partial charge in [0.15, 0.2) is 5.58 Å². The van der Waals surface area contributed by atoms with Crippen LogP contribution in [0.1, 0.15) is 11.1 Å². The number of hydrogen-bond acceptors (Lipinski definition) is 3. The predicted octanol–water partition coefficient (Wildman–Crippen LogP) is 5.31. The lowest BCUT2D eigenvalue weighted by atomic mass is 10.00. The Morgan fingerprint density at radius 1 is 0.917 bits per heavy atom. The highest BCUT2D eigenvalue weighted by molar-refractivity contribution is 5.78. The summed E-state index contributed by atoms with van der Waals surface area (Å²) in [5.74, 6) is 0.122. The SMILES string of the molecule is Cc1ccc2oc(-c3ccc(-c4ccc(F)nc4)c(C)c3)nc2c1. The lowest BCUT2D eigenvalue weighted by Crippen LogP contribution is -1.88. The molecule has 0 saturated carbocycles. The molecule has 4 heteroatoms. The van der Waals surface area contributed by atoms with E-state index in [0.717, 1.165) is 38.9 Å². The minimum absolute atomic E-state index is 0.477. The first-order valence-corrected chi connectivity index (χ1v) is 7.70. The van der Waals surface area contributed by atoms with Gasteiger partial charge in [0.25, 0.3) is 0 Å². The van der Waals surface area contributed by atoms with Crippen molar-refractivity contribution in [3.8, 4) is 22.6 Å². The molecule has 0 bridgehead atoms. The molecule has 0 N–H and O–H groups in total. The molecule has 2 aromatic carbocycles. The first kappa shape index (κ1) is 14.6. The molecule has 2 heterocycles. The molecular weight excluding hydrogens is 303 g/mol. The lowest BCUT2D eigenvalue weighted by Gasteiger charge is -2.07. The molecule has 0 atom stereocenters. The molecule has 0 aliphatic carbocycles. The van der Waals surface area contributed by atoms with Gasteiger partial charge in [0, 0.05) is 17.3 Å². The molecule has 0 fully saturated rings. The third kappa shape index (κ3) is 2.56. The van der Waals surface area contributed by atoms with Gasteiger partial charge in [-0.2, -0.15) is 4.39 Å². The van der Waals surface area contributed by atoms with Crippen LogP contribution in [-0.2, 0) is 0 Å². The summed E-state index contributed by atoms with van der Waals surface area (Å²) in [6.07, 6.45) is 1.54. The number of aryl methyl sites for hydroxylation is 2. The molecule has 0 saturated heterocycles. The number of pyridine rings is 1. The smallest absolute Gasteiger partial charge is 0.227 e. The van der Waals surface area contributed by atoms with Crippen molar-refractivity contribution in [2.45, 2.75) is 13.8 Å². The van der Waals surface area contributed by atoms with Gasteiger partial charge >= 0.3 is 0 Å². The van der Waals surface area contributed by atoms with Gasteiger partial charge in [0.05, 0.1) is 0 Å². The molecule has 118 valence electrons. The molecule has 0 spiro atoms. The predicted molar refractivity (Wildman–Crippen MR) is 92.1 cm³/mol. The molecule has 3 nitrogen and oxygen atoms in total. The normalized spacial score (nSPS) is 11.1. The van der Waals surface area contributed by atoms with E-state index < -0.39 is 5.95 Å². The minimum Gasteiger partial charge on any atom is -0.436 e. The Morgan fingerprint density at radius 3 is 2.50 bits per heavy atom. The van der Waals surface area contributed by atoms with E-state index in [9.17, 15) is 4.39 Å². The van der Waals surface area contributed by atoms with Crippen LogP contribution in [0.2, 0.25) is 0 Å². The fourth-order valence-electron chi connectivity index (χ4n) is 2.82. The van der Waals surface area contributed by atoms with E-state index in [4.69, 9.17) is 4.42 Å². The number of oxazole rings is 1. The summed E-state index contributed by atoms with van der Waals surface area (Å²) in [5.41, 5.74) is 6.65. The number of nitrogens with zero attached hydrogens (tertiary/aromatic N) is 2. The average molecular weight is 318 g/mol. The van der Waals surface area contributed by atoms with Crippen LogP contribution in [0.3, 0.4) is 0 Å². The zero-order valence-corrected chi connectivity index (χ0v) is 13.4. The summed E-state index contributed by atoms with van der Waals surface area (Å²) in [5, 5.41) is 0. The zero-order chi connectivity index (χ0) is 16.7. The van der Waals surface area contributed by atoms with E-state index in [0.29, 0.717) is 5.89 Å². The topological polar surface area (TPSA) is 38.9 Å². The van der Waals surface area contributed by atoms with Gasteiger partial charge in [-0.25, -0.2) is 9.97 Å². The Kier molecular flexibility index (Phi) is 3.38. The summed E-state index contributed by atoms with van der Waals surface area (Å²) in [7, 11) is 0. The summed E-state index contributed by atoms with van der Waals surface area (Å²) >= 11 is 0. The van der Waals surface area contributed by atoms with Crippen LogP contribution in [0.5, 0.6) is 0 Å². The summed E-state index contributed by atoms with van der Waals surface area (Å²) in [4.78, 5) is 8.29. The molecular formula is C20H15FN2O. The Bertz CT molecular complexity index is 1040. The van der Waals surface area contributed by atoms with E-state index in [1.807, 2.05) is 50.2 Å². The second-order valence-electron chi connectivity index (χ2n) is 5.89. The van der Waals surface area contributed by atoms with Gasteiger partial charge in [0.2, 0.25) is 11.8 Å². The molecule has 4 aromatic rings. The maximum absolute atomic E-state index is 13.0. The summed E-state index contributed by atoms with van der Waals surface area (Å²) in [6, 6.07) is 15.0. The average Bonchev–Trinajstić information content (AvgIpc) is 2.99. The Balaban J connectivity index is 1.76. The maximum atomic E-state index is 13.0. The zero-order valence-electron chi connectivity index (χ0n) is 13.4. The van der Waals surface area contributed by atoms with Gasteiger partial charge in [-0.3, -0.25) is 0 Å². The Labute approximate surface area is 138 Å². The highest BCUT2D eigenvalue weighted by Crippen LogP contribution is 2.30. The van der Waals surface area contributed by atoms with E-state index in [1.54, 1.807) is 12.3 Å². The highest BCUT2D eigenvalue weighted by atomic mass is 19.1. The van der Waals surface area contributed by atoms with Crippen molar-refractivity contribution in [2.75, 3.05) is 0 Å². The quantitative estimate of drug-likeness (QED) is 0.470. The van der Waals surface area contributed by atoms with Crippen LogP contribution in [0.25, 0.3) is 33.7 Å². The van der Waals surface area contributed by atoms with Crippen LogP contribution < -0.4 is 0 Å². The Morgan fingerprint density at radius 2 is 1.75 bits per heavy atom. The molecule has 0 unspecified atom stereocenters. The van der Waals surface area contributed by atoms with Gasteiger partial charge in [-0.15, -0.1) is 0 Å². The fraction of sp³-hybridized carbons (Fsp3) is 0.100. The second-order valence-corrected chi connectivity index (χ2v) is 5.89. The molecule has 4 rings (SSSR count). The largest absolute Gasteiger partial charge is 0.436 e. The molecule has 0 amide bonds. The maximum Gasteiger partial charge on any atom is 0.227 e. The highest BCUT2D eigenvalue weighted by Gasteiger charge is 2.11. The molecule has 2 aromatic heterocycles. The third-order valence-corrected chi connectivity index (χ3v) is 4.05. The van der Waals surface area contributed by atoms with Crippen molar-refractivity contribution in [3.05, 3.63) is 71.8 Å². The lowest BCUT2D eigenvalue weighted by molar-refractivity contribution is 0.584. The van der Waals surface area contributed by atoms with Crippen LogP contribution in [0.4, 0.5) is 4.39 Å². The number of fused-ring (bicyclic) bond motifs is 1. The first-order chi connectivity index (χ1) is 11.6. The summed E-state index contributed by atoms with van der Waals surface area (Å²) in [6.45, 7) is 4.04. The monoisotopic (exact) mass is 318 g/mol. The van der Waals surface area contributed by atoms with Crippen LogP contribution in [0.15, 0.2) is 59.1 Å². The molecule has 0 aliphatic rings. The number of benzene rings is 2. The van der Waals surface area contributed by atoms with Gasteiger partial charge in [0.1, 0.15) is 5.52 Å². The van der Waals surface area contributed by atoms with Crippen molar-refractivity contribution in [3.63, 3.8) is 0 Å². The van der Waals surface area contributed by atoms with Crippen LogP contribution in [-0.4, -0.2) is 9.97 Å². The third-order valence-electron chi connectivity index (χ3n) is 4.05. The second kappa shape index (κ2) is 5.57. The van der Waals surface area contributed by atoms with Gasteiger partial charge < -0.3 is 4.42 Å². The van der Waals surface area contributed by atoms with E-state index in [1.165, 1.54) is 6.07 Å². The van der Waals surface area contributed by atoms with Gasteiger partial charge in [-0.1, -0.05) is 12.1 Å². The number of hydrogen-bond donors (Lipinski definition) is 0. The minimum atomic E-state index is -0.477.